The molecule has 0 aromatic heterocycles. The lowest BCUT2D eigenvalue weighted by Crippen LogP contribution is -2.30. The number of carbonyl (C=O) groups is 4. The lowest BCUT2D eigenvalue weighted by atomic mass is 9.99. The quantitative estimate of drug-likeness (QED) is 0.0222. The molecule has 17 nitrogen and oxygen atoms in total. The molecular weight excluding hydrogens is 1260 g/mol. The third-order valence-corrected chi connectivity index (χ3v) is 20.2. The monoisotopic (exact) mass is 1410 g/mol. The van der Waals surface area contributed by atoms with Crippen molar-refractivity contribution in [1.82, 2.24) is 0 Å². The van der Waals surface area contributed by atoms with Crippen LogP contribution in [0, 0.1) is 11.8 Å². The van der Waals surface area contributed by atoms with Crippen LogP contribution in [-0.4, -0.2) is 96.7 Å². The molecule has 0 bridgehead atoms. The number of carbonyl (C=O) groups excluding carboxylic acids is 4. The summed E-state index contributed by atoms with van der Waals surface area (Å²) in [5, 5.41) is 10.6. The van der Waals surface area contributed by atoms with Crippen molar-refractivity contribution in [1.29, 1.82) is 0 Å². The lowest BCUT2D eigenvalue weighted by molar-refractivity contribution is -0.161. The molecule has 0 heterocycles. The number of hydrogen-bond acceptors (Lipinski definition) is 15. The van der Waals surface area contributed by atoms with E-state index >= 15 is 0 Å². The number of phosphoric acid groups is 2. The molecule has 0 aliphatic carbocycles. The van der Waals surface area contributed by atoms with E-state index in [2.05, 4.69) is 41.5 Å². The van der Waals surface area contributed by atoms with Crippen molar-refractivity contribution in [3.63, 3.8) is 0 Å². The Kier molecular flexibility index (Phi) is 67.4. The van der Waals surface area contributed by atoms with Crippen molar-refractivity contribution < 1.29 is 80.2 Å². The average Bonchev–Trinajstić information content (AvgIpc) is 1.90. The molecule has 3 N–H and O–H groups in total. The lowest BCUT2D eigenvalue weighted by Gasteiger charge is -2.21. The molecule has 0 saturated carbocycles. The Morgan fingerprint density at radius 2 is 0.531 bits per heavy atom. The van der Waals surface area contributed by atoms with Crippen molar-refractivity contribution in [2.45, 2.75) is 419 Å². The highest BCUT2D eigenvalue weighted by atomic mass is 31.2. The second-order valence-corrected chi connectivity index (χ2v) is 31.4. The Morgan fingerprint density at radius 1 is 0.302 bits per heavy atom. The molecule has 3 unspecified atom stereocenters. The zero-order valence-electron chi connectivity index (χ0n) is 62.7. The van der Waals surface area contributed by atoms with Gasteiger partial charge in [-0.05, 0) is 37.5 Å². The highest BCUT2D eigenvalue weighted by Crippen LogP contribution is 2.45. The molecule has 0 aromatic rings. The number of phosphoric ester groups is 2. The first-order chi connectivity index (χ1) is 46.4. The number of unbranched alkanes of at least 4 members (excludes halogenated alkanes) is 45. The second-order valence-electron chi connectivity index (χ2n) is 28.5. The van der Waals surface area contributed by atoms with E-state index in [1.54, 1.807) is 0 Å². The number of aliphatic hydroxyl groups excluding tert-OH is 1. The van der Waals surface area contributed by atoms with E-state index in [1.165, 1.54) is 218 Å². The van der Waals surface area contributed by atoms with Gasteiger partial charge in [0.1, 0.15) is 19.3 Å². The molecule has 0 aliphatic rings. The number of ether oxygens (including phenoxy) is 4. The van der Waals surface area contributed by atoms with E-state index in [9.17, 15) is 43.2 Å². The maximum atomic E-state index is 13.1. The van der Waals surface area contributed by atoms with Gasteiger partial charge in [-0.3, -0.25) is 37.3 Å². The van der Waals surface area contributed by atoms with Gasteiger partial charge in [0.2, 0.25) is 0 Å². The zero-order valence-corrected chi connectivity index (χ0v) is 64.5. The Morgan fingerprint density at radius 3 is 0.792 bits per heavy atom. The number of rotatable bonds is 76. The molecular formula is C77H150O17P2. The predicted molar refractivity (Wildman–Crippen MR) is 391 cm³/mol. The van der Waals surface area contributed by atoms with Gasteiger partial charge >= 0.3 is 39.5 Å². The van der Waals surface area contributed by atoms with Gasteiger partial charge in [0.25, 0.3) is 0 Å². The third-order valence-electron chi connectivity index (χ3n) is 18.3. The van der Waals surface area contributed by atoms with Crippen LogP contribution >= 0.6 is 15.6 Å². The summed E-state index contributed by atoms with van der Waals surface area (Å²) < 4.78 is 68.5. The second kappa shape index (κ2) is 68.8. The number of hydrogen-bond donors (Lipinski definition) is 3. The number of aliphatic hydroxyl groups is 1. The molecule has 0 radical (unpaired) electrons. The summed E-state index contributed by atoms with van der Waals surface area (Å²) >= 11 is 0. The molecule has 570 valence electrons. The maximum absolute atomic E-state index is 13.1. The Bertz CT molecular complexity index is 1860. The zero-order chi connectivity index (χ0) is 70.7. The molecule has 0 aliphatic heterocycles. The average molecular weight is 1410 g/mol. The van der Waals surface area contributed by atoms with Gasteiger partial charge in [0.15, 0.2) is 12.2 Å². The molecule has 0 fully saturated rings. The van der Waals surface area contributed by atoms with Gasteiger partial charge in [0, 0.05) is 25.7 Å². The first-order valence-electron chi connectivity index (χ1n) is 40.0. The summed E-state index contributed by atoms with van der Waals surface area (Å²) in [7, 11) is -9.91. The third kappa shape index (κ3) is 69.2. The minimum atomic E-state index is -4.96. The largest absolute Gasteiger partial charge is 0.472 e. The smallest absolute Gasteiger partial charge is 0.462 e. The normalized spacial score (nSPS) is 14.3. The fourth-order valence-corrected chi connectivity index (χ4v) is 13.4. The van der Waals surface area contributed by atoms with Gasteiger partial charge in [-0.2, -0.15) is 0 Å². The van der Waals surface area contributed by atoms with Crippen LogP contribution in [0.15, 0.2) is 0 Å². The van der Waals surface area contributed by atoms with Crippen molar-refractivity contribution in [2.24, 2.45) is 11.8 Å². The standard InChI is InChI=1S/C77H150O17P2/c1-7-10-12-14-16-18-19-20-21-22-23-24-25-28-32-36-43-49-55-61-76(81)93-72(66-88-75(80)60-54-48-42-35-31-29-26-27-30-34-39-45-51-57-69(4)5)67-91-95(83,84)89-63-71(78)64-90-96(85,86)92-68-73(65-87-74(79)59-53-47-41-33-17-15-13-11-8-2)94-77(82)62-56-50-44-38-37-40-46-52-58-70(6)9-3/h69-73,78H,7-68H2,1-6H3,(H,83,84)(H,85,86)/t70?,71-,72-,73-/m1/s1. The minimum Gasteiger partial charge on any atom is -0.462 e. The van der Waals surface area contributed by atoms with Crippen molar-refractivity contribution in [3.05, 3.63) is 0 Å². The van der Waals surface area contributed by atoms with Crippen LogP contribution in [0.2, 0.25) is 0 Å². The summed E-state index contributed by atoms with van der Waals surface area (Å²) in [5.74, 6) is -0.556. The van der Waals surface area contributed by atoms with E-state index in [1.807, 2.05) is 0 Å². The van der Waals surface area contributed by atoms with Gasteiger partial charge in [-0.25, -0.2) is 9.13 Å². The molecule has 19 heteroatoms. The molecule has 0 amide bonds. The molecule has 6 atom stereocenters. The molecule has 96 heavy (non-hydrogen) atoms. The molecule has 0 aromatic carbocycles. The Labute approximate surface area is 588 Å². The molecule has 0 rings (SSSR count). The minimum absolute atomic E-state index is 0.105. The van der Waals surface area contributed by atoms with Crippen LogP contribution in [-0.2, 0) is 65.4 Å². The summed E-state index contributed by atoms with van der Waals surface area (Å²) in [6, 6.07) is 0. The van der Waals surface area contributed by atoms with E-state index in [0.717, 1.165) is 102 Å². The van der Waals surface area contributed by atoms with Crippen molar-refractivity contribution >= 4 is 39.5 Å². The SMILES string of the molecule is CCCCCCCCCCCCCCCCCCCCCC(=O)O[C@H](COC(=O)CCCCCCCCCCCCCCCC(C)C)COP(=O)(O)OC[C@@H](O)COP(=O)(O)OC[C@@H](COC(=O)CCCCCCCCCCC)OC(=O)CCCCCCCCCCC(C)CC. The predicted octanol–water partition coefficient (Wildman–Crippen LogP) is 22.7. The molecule has 0 spiro atoms. The van der Waals surface area contributed by atoms with Crippen LogP contribution in [0.4, 0.5) is 0 Å². The van der Waals surface area contributed by atoms with E-state index in [0.29, 0.717) is 25.7 Å². The summed E-state index contributed by atoms with van der Waals surface area (Å²) in [6.07, 6.45) is 56.9. The first-order valence-corrected chi connectivity index (χ1v) is 43.0. The summed E-state index contributed by atoms with van der Waals surface area (Å²) in [4.78, 5) is 72.8. The maximum Gasteiger partial charge on any atom is 0.472 e. The molecule has 0 saturated heterocycles. The van der Waals surface area contributed by atoms with E-state index < -0.39 is 97.5 Å². The van der Waals surface area contributed by atoms with Crippen LogP contribution in [0.3, 0.4) is 0 Å². The van der Waals surface area contributed by atoms with E-state index in [-0.39, 0.29) is 25.7 Å². The van der Waals surface area contributed by atoms with Gasteiger partial charge in [0.05, 0.1) is 26.4 Å². The van der Waals surface area contributed by atoms with Gasteiger partial charge in [-0.1, -0.05) is 350 Å². The number of esters is 4. The summed E-state index contributed by atoms with van der Waals surface area (Å²) in [6.45, 7) is 9.60. The Hall–Kier alpha value is -1.94. The van der Waals surface area contributed by atoms with Crippen molar-refractivity contribution in [3.8, 4) is 0 Å². The first kappa shape index (κ1) is 94.1. The topological polar surface area (TPSA) is 237 Å². The fraction of sp³-hybridized carbons (Fsp3) is 0.948. The van der Waals surface area contributed by atoms with Gasteiger partial charge in [-0.15, -0.1) is 0 Å². The van der Waals surface area contributed by atoms with Crippen LogP contribution < -0.4 is 0 Å². The Balaban J connectivity index is 5.22. The van der Waals surface area contributed by atoms with Crippen LogP contribution in [0.1, 0.15) is 401 Å². The van der Waals surface area contributed by atoms with E-state index in [4.69, 9.17) is 37.0 Å². The van der Waals surface area contributed by atoms with Crippen LogP contribution in [0.5, 0.6) is 0 Å². The van der Waals surface area contributed by atoms with Gasteiger partial charge < -0.3 is 33.8 Å². The van der Waals surface area contributed by atoms with Crippen LogP contribution in [0.25, 0.3) is 0 Å². The van der Waals surface area contributed by atoms with Crippen molar-refractivity contribution in [2.75, 3.05) is 39.6 Å². The highest BCUT2D eigenvalue weighted by Gasteiger charge is 2.30. The fourth-order valence-electron chi connectivity index (χ4n) is 11.8. The summed E-state index contributed by atoms with van der Waals surface area (Å²) in [5.41, 5.74) is 0. The highest BCUT2D eigenvalue weighted by molar-refractivity contribution is 7.47.